The number of carbonyl (C=O) groups excluding carboxylic acids is 2. The summed E-state index contributed by atoms with van der Waals surface area (Å²) in [6, 6.07) is 7.55. The number of amides is 1. The van der Waals surface area contributed by atoms with Gasteiger partial charge in [0.15, 0.2) is 10.4 Å². The van der Waals surface area contributed by atoms with Gasteiger partial charge in [0.1, 0.15) is 5.76 Å². The van der Waals surface area contributed by atoms with Crippen molar-refractivity contribution < 1.29 is 27.2 Å². The number of carbonyl (C=O) groups is 2. The van der Waals surface area contributed by atoms with Crippen LogP contribution in [0.25, 0.3) is 6.08 Å². The molecule has 11 heteroatoms. The number of hydrogen-bond donors (Lipinski definition) is 1. The van der Waals surface area contributed by atoms with Crippen molar-refractivity contribution in [3.05, 3.63) is 51.0 Å². The molecule has 0 atom stereocenters. The van der Waals surface area contributed by atoms with E-state index in [0.29, 0.717) is 22.6 Å². The zero-order valence-electron chi connectivity index (χ0n) is 16.3. The lowest BCUT2D eigenvalue weighted by molar-refractivity contribution is -0.142. The van der Waals surface area contributed by atoms with Gasteiger partial charge in [-0.1, -0.05) is 18.0 Å². The second-order valence-corrected chi connectivity index (χ2v) is 10.1. The van der Waals surface area contributed by atoms with Gasteiger partial charge in [0.25, 0.3) is 5.91 Å². The third kappa shape index (κ3) is 6.55. The van der Waals surface area contributed by atoms with Gasteiger partial charge in [0, 0.05) is 19.2 Å². The first-order chi connectivity index (χ1) is 14.8. The Labute approximate surface area is 198 Å². The molecule has 8 nitrogen and oxygen atoms in total. The molecule has 2 aromatic rings. The van der Waals surface area contributed by atoms with E-state index >= 15 is 0 Å². The number of halogens is 2. The third-order valence-electron chi connectivity index (χ3n) is 4.49. The van der Waals surface area contributed by atoms with E-state index in [1.165, 1.54) is 28.6 Å². The molecule has 1 aliphatic heterocycles. The summed E-state index contributed by atoms with van der Waals surface area (Å²) < 4.78 is 37.9. The van der Waals surface area contributed by atoms with Gasteiger partial charge < -0.3 is 14.5 Å². The number of esters is 1. The van der Waals surface area contributed by atoms with Crippen LogP contribution in [0.2, 0.25) is 5.02 Å². The summed E-state index contributed by atoms with van der Waals surface area (Å²) in [6.07, 6.45) is 5.20. The molecule has 1 aromatic carbocycles. The Bertz CT molecular complexity index is 1090. The van der Waals surface area contributed by atoms with Crippen LogP contribution in [-0.4, -0.2) is 44.3 Å². The fourth-order valence-electron chi connectivity index (χ4n) is 2.95. The Morgan fingerprint density at radius 3 is 2.61 bits per heavy atom. The van der Waals surface area contributed by atoms with Crippen LogP contribution < -0.4 is 5.32 Å². The number of furan rings is 1. The smallest absolute Gasteiger partial charge is 0.331 e. The minimum Gasteiger partial charge on any atom is -0.452 e. The topological polar surface area (TPSA) is 106 Å². The maximum atomic E-state index is 12.8. The predicted octanol–water partition coefficient (Wildman–Crippen LogP) is 3.91. The van der Waals surface area contributed by atoms with Crippen LogP contribution in [0.5, 0.6) is 0 Å². The van der Waals surface area contributed by atoms with Crippen LogP contribution in [-0.2, 0) is 24.3 Å². The zero-order valence-corrected chi connectivity index (χ0v) is 20.1. The first-order valence-electron chi connectivity index (χ1n) is 9.45. The molecule has 1 N–H and O–H groups in total. The number of anilines is 1. The molecular weight excluding hydrogens is 559 g/mol. The lowest BCUT2D eigenvalue weighted by atomic mass is 10.2. The van der Waals surface area contributed by atoms with Crippen molar-refractivity contribution in [2.75, 3.05) is 25.0 Å². The molecule has 1 aliphatic rings. The van der Waals surface area contributed by atoms with Gasteiger partial charge in [-0.15, -0.1) is 0 Å². The van der Waals surface area contributed by atoms with Crippen LogP contribution >= 0.6 is 34.2 Å². The Balaban J connectivity index is 1.60. The van der Waals surface area contributed by atoms with Crippen molar-refractivity contribution in [1.29, 1.82) is 0 Å². The quantitative estimate of drug-likeness (QED) is 0.303. The van der Waals surface area contributed by atoms with Gasteiger partial charge in [-0.05, 0) is 71.8 Å². The van der Waals surface area contributed by atoms with Gasteiger partial charge >= 0.3 is 5.97 Å². The van der Waals surface area contributed by atoms with Crippen molar-refractivity contribution in [3.63, 3.8) is 0 Å². The number of rotatable bonds is 7. The number of sulfonamides is 1. The first-order valence-corrected chi connectivity index (χ1v) is 12.3. The number of hydrogen-bond acceptors (Lipinski definition) is 6. The van der Waals surface area contributed by atoms with Crippen LogP contribution in [0, 0.1) is 3.77 Å². The van der Waals surface area contributed by atoms with E-state index in [0.717, 1.165) is 25.3 Å². The predicted molar refractivity (Wildman–Crippen MR) is 124 cm³/mol. The SMILES string of the molecule is O=C(COC(=O)C=Cc1ccc(I)o1)Nc1cc(S(=O)(=O)N2CCCCC2)ccc1Cl. The Kier molecular flexibility index (Phi) is 8.14. The monoisotopic (exact) mass is 578 g/mol. The zero-order chi connectivity index (χ0) is 22.4. The highest BCUT2D eigenvalue weighted by Gasteiger charge is 2.26. The number of ether oxygens (including phenoxy) is 1. The highest BCUT2D eigenvalue weighted by molar-refractivity contribution is 14.1. The van der Waals surface area contributed by atoms with Gasteiger partial charge in [0.05, 0.1) is 15.6 Å². The molecule has 3 rings (SSSR count). The first kappa shape index (κ1) is 23.8. The molecule has 1 aromatic heterocycles. The van der Waals surface area contributed by atoms with Crippen LogP contribution in [0.1, 0.15) is 25.0 Å². The fourth-order valence-corrected chi connectivity index (χ4v) is 5.10. The highest BCUT2D eigenvalue weighted by atomic mass is 127. The molecule has 0 unspecified atom stereocenters. The van der Waals surface area contributed by atoms with Crippen LogP contribution in [0.3, 0.4) is 0 Å². The van der Waals surface area contributed by atoms with E-state index in [9.17, 15) is 18.0 Å². The molecule has 1 amide bonds. The number of nitrogens with one attached hydrogen (secondary N) is 1. The largest absolute Gasteiger partial charge is 0.452 e. The van der Waals surface area contributed by atoms with E-state index in [1.54, 1.807) is 12.1 Å². The second kappa shape index (κ2) is 10.6. The molecule has 0 radical (unpaired) electrons. The van der Waals surface area contributed by atoms with Crippen LogP contribution in [0.15, 0.2) is 45.7 Å². The normalized spacial score (nSPS) is 15.2. The molecule has 0 spiro atoms. The molecule has 1 fully saturated rings. The minimum atomic E-state index is -3.68. The summed E-state index contributed by atoms with van der Waals surface area (Å²) in [5.41, 5.74) is 0.126. The van der Waals surface area contributed by atoms with Gasteiger partial charge in [-0.3, -0.25) is 4.79 Å². The summed E-state index contributed by atoms with van der Waals surface area (Å²) in [7, 11) is -3.68. The lowest BCUT2D eigenvalue weighted by Crippen LogP contribution is -2.35. The Morgan fingerprint density at radius 2 is 1.94 bits per heavy atom. The molecule has 0 saturated carbocycles. The number of benzene rings is 1. The summed E-state index contributed by atoms with van der Waals surface area (Å²) >= 11 is 8.10. The summed E-state index contributed by atoms with van der Waals surface area (Å²) in [4.78, 5) is 24.0. The minimum absolute atomic E-state index is 0.0436. The fraction of sp³-hybridized carbons (Fsp3) is 0.300. The van der Waals surface area contributed by atoms with Crippen molar-refractivity contribution in [3.8, 4) is 0 Å². The van der Waals surface area contributed by atoms with Crippen molar-refractivity contribution in [2.45, 2.75) is 24.2 Å². The van der Waals surface area contributed by atoms with E-state index in [-0.39, 0.29) is 15.6 Å². The summed E-state index contributed by atoms with van der Waals surface area (Å²) in [5.74, 6) is -0.901. The molecular formula is C20H20ClIN2O6S. The Morgan fingerprint density at radius 1 is 1.19 bits per heavy atom. The number of piperidine rings is 1. The molecule has 0 bridgehead atoms. The molecule has 2 heterocycles. The second-order valence-electron chi connectivity index (χ2n) is 6.74. The van der Waals surface area contributed by atoms with E-state index in [4.69, 9.17) is 20.8 Å². The van der Waals surface area contributed by atoms with E-state index in [1.807, 2.05) is 22.6 Å². The number of nitrogens with zero attached hydrogens (tertiary/aromatic N) is 1. The highest BCUT2D eigenvalue weighted by Crippen LogP contribution is 2.28. The van der Waals surface area contributed by atoms with Gasteiger partial charge in [-0.25, -0.2) is 13.2 Å². The average Bonchev–Trinajstić information content (AvgIpc) is 3.18. The van der Waals surface area contributed by atoms with Crippen molar-refractivity contribution >= 4 is 67.9 Å². The lowest BCUT2D eigenvalue weighted by Gasteiger charge is -2.26. The standard InChI is InChI=1S/C20H20ClIN2O6S/c21-16-7-6-15(31(27,28)24-10-2-1-3-11-24)12-17(16)23-19(25)13-29-20(26)9-5-14-4-8-18(22)30-14/h4-9,12H,1-3,10-11,13H2,(H,23,25). The maximum Gasteiger partial charge on any atom is 0.331 e. The van der Waals surface area contributed by atoms with Gasteiger partial charge in [0.2, 0.25) is 10.0 Å². The average molecular weight is 579 g/mol. The van der Waals surface area contributed by atoms with E-state index in [2.05, 4.69) is 5.32 Å². The Hall–Kier alpha value is -1.89. The van der Waals surface area contributed by atoms with Crippen LogP contribution in [0.4, 0.5) is 5.69 Å². The van der Waals surface area contributed by atoms with Crippen molar-refractivity contribution in [2.24, 2.45) is 0 Å². The van der Waals surface area contributed by atoms with E-state index < -0.39 is 28.5 Å². The van der Waals surface area contributed by atoms with Crippen molar-refractivity contribution in [1.82, 2.24) is 4.31 Å². The molecule has 166 valence electrons. The summed E-state index contributed by atoms with van der Waals surface area (Å²) in [6.45, 7) is 0.374. The summed E-state index contributed by atoms with van der Waals surface area (Å²) in [5, 5.41) is 2.65. The van der Waals surface area contributed by atoms with Gasteiger partial charge in [-0.2, -0.15) is 4.31 Å². The maximum absolute atomic E-state index is 12.8. The molecule has 0 aliphatic carbocycles. The third-order valence-corrected chi connectivity index (χ3v) is 7.29. The molecule has 1 saturated heterocycles. The molecule has 31 heavy (non-hydrogen) atoms.